The maximum Gasteiger partial charge on any atom is 0.256 e. The Morgan fingerprint density at radius 2 is 1.81 bits per heavy atom. The molecule has 1 aliphatic carbocycles. The molecule has 1 saturated heterocycles. The molecule has 0 spiro atoms. The van der Waals surface area contributed by atoms with Gasteiger partial charge in [-0.15, -0.1) is 0 Å². The van der Waals surface area contributed by atoms with Crippen molar-refractivity contribution in [2.24, 2.45) is 5.92 Å². The van der Waals surface area contributed by atoms with E-state index in [2.05, 4.69) is 11.1 Å². The molecule has 1 saturated carbocycles. The number of pyridine rings is 1. The number of likely N-dealkylation sites (N-methyl/N-ethyl adjacent to an activating group) is 1. The largest absolute Gasteiger partial charge is 0.361 e. The Morgan fingerprint density at radius 1 is 1.09 bits per heavy atom. The molecule has 0 bridgehead atoms. The molecule has 2 heterocycles. The number of carbonyl (C=O) groups is 2. The normalized spacial score (nSPS) is 21.9. The van der Waals surface area contributed by atoms with Crippen molar-refractivity contribution in [2.45, 2.75) is 44.1 Å². The minimum Gasteiger partial charge on any atom is -0.361 e. The van der Waals surface area contributed by atoms with Crippen LogP contribution in [0.1, 0.15) is 37.7 Å². The van der Waals surface area contributed by atoms with Crippen molar-refractivity contribution in [3.05, 3.63) is 54.4 Å². The zero-order valence-electron chi connectivity index (χ0n) is 19.1. The van der Waals surface area contributed by atoms with Crippen LogP contribution in [-0.2, 0) is 20.7 Å². The van der Waals surface area contributed by atoms with Crippen LogP contribution in [0.5, 0.6) is 0 Å². The molecule has 6 heteroatoms. The van der Waals surface area contributed by atoms with E-state index in [1.807, 2.05) is 35.2 Å². The summed E-state index contributed by atoms with van der Waals surface area (Å²) in [6.45, 7) is 1.21. The van der Waals surface area contributed by atoms with Crippen LogP contribution < -0.4 is 0 Å². The molecule has 1 aliphatic heterocycles. The minimum absolute atomic E-state index is 0.0816. The van der Waals surface area contributed by atoms with Crippen LogP contribution in [0.15, 0.2) is 48.8 Å². The monoisotopic (exact) mass is 435 g/mol. The van der Waals surface area contributed by atoms with Crippen LogP contribution >= 0.6 is 0 Å². The van der Waals surface area contributed by atoms with Crippen LogP contribution in [0, 0.1) is 5.92 Å². The molecule has 0 unspecified atom stereocenters. The van der Waals surface area contributed by atoms with Crippen molar-refractivity contribution in [2.75, 3.05) is 33.8 Å². The van der Waals surface area contributed by atoms with Gasteiger partial charge < -0.3 is 14.5 Å². The number of ether oxygens (including phenoxy) is 1. The van der Waals surface area contributed by atoms with Gasteiger partial charge in [0.1, 0.15) is 0 Å². The Morgan fingerprint density at radius 3 is 2.53 bits per heavy atom. The fourth-order valence-corrected chi connectivity index (χ4v) is 5.09. The molecule has 6 nitrogen and oxygen atoms in total. The predicted molar refractivity (Wildman–Crippen MR) is 124 cm³/mol. The van der Waals surface area contributed by atoms with Gasteiger partial charge in [0.25, 0.3) is 5.91 Å². The van der Waals surface area contributed by atoms with E-state index in [1.165, 1.54) is 6.42 Å². The molecule has 2 aromatic rings. The van der Waals surface area contributed by atoms with Crippen molar-refractivity contribution < 1.29 is 14.3 Å². The summed E-state index contributed by atoms with van der Waals surface area (Å²) >= 11 is 0. The maximum absolute atomic E-state index is 13.5. The standard InChI is InChI=1S/C26H33N3O3/c1-28(2)25(31)26(18-22-10-6-7-11-23(22)20-12-14-27-15-13-20)19-29(16-17-32-26)24(30)21-8-4-3-5-9-21/h6-7,10-15,21H,3-5,8-9,16-19H2,1-2H3/t26-/m0/s1. The zero-order chi connectivity index (χ0) is 22.6. The number of morpholine rings is 1. The lowest BCUT2D eigenvalue weighted by atomic mass is 9.85. The lowest BCUT2D eigenvalue weighted by Gasteiger charge is -2.44. The minimum atomic E-state index is -1.09. The van der Waals surface area contributed by atoms with Crippen LogP contribution in [0.3, 0.4) is 0 Å². The molecule has 0 radical (unpaired) electrons. The smallest absolute Gasteiger partial charge is 0.256 e. The van der Waals surface area contributed by atoms with Crippen molar-refractivity contribution in [1.29, 1.82) is 0 Å². The average molecular weight is 436 g/mol. The van der Waals surface area contributed by atoms with E-state index < -0.39 is 5.60 Å². The molecule has 1 aromatic carbocycles. The van der Waals surface area contributed by atoms with E-state index in [0.717, 1.165) is 42.4 Å². The third-order valence-electron chi connectivity index (χ3n) is 6.73. The molecular weight excluding hydrogens is 402 g/mol. The van der Waals surface area contributed by atoms with E-state index in [-0.39, 0.29) is 17.7 Å². The van der Waals surface area contributed by atoms with Gasteiger partial charge in [-0.25, -0.2) is 0 Å². The highest BCUT2D eigenvalue weighted by atomic mass is 16.5. The fourth-order valence-electron chi connectivity index (χ4n) is 5.09. The first-order chi connectivity index (χ1) is 15.5. The highest BCUT2D eigenvalue weighted by Gasteiger charge is 2.47. The number of rotatable bonds is 5. The molecule has 1 aromatic heterocycles. The van der Waals surface area contributed by atoms with Gasteiger partial charge in [-0.2, -0.15) is 0 Å². The first-order valence-corrected chi connectivity index (χ1v) is 11.6. The Labute approximate surface area is 190 Å². The Bertz CT molecular complexity index is 940. The summed E-state index contributed by atoms with van der Waals surface area (Å²) in [5, 5.41) is 0. The first kappa shape index (κ1) is 22.5. The average Bonchev–Trinajstić information content (AvgIpc) is 2.84. The van der Waals surface area contributed by atoms with Crippen molar-refractivity contribution >= 4 is 11.8 Å². The second-order valence-corrected chi connectivity index (χ2v) is 9.21. The summed E-state index contributed by atoms with van der Waals surface area (Å²) in [4.78, 5) is 34.4. The molecule has 2 aliphatic rings. The number of amides is 2. The van der Waals surface area contributed by atoms with Crippen LogP contribution in [0.2, 0.25) is 0 Å². The van der Waals surface area contributed by atoms with Gasteiger partial charge in [-0.1, -0.05) is 43.5 Å². The molecule has 170 valence electrons. The van der Waals surface area contributed by atoms with Gasteiger partial charge in [0, 0.05) is 45.4 Å². The predicted octanol–water partition coefficient (Wildman–Crippen LogP) is 3.56. The second-order valence-electron chi connectivity index (χ2n) is 9.21. The van der Waals surface area contributed by atoms with E-state index >= 15 is 0 Å². The summed E-state index contributed by atoms with van der Waals surface area (Å²) < 4.78 is 6.25. The highest BCUT2D eigenvalue weighted by molar-refractivity contribution is 5.88. The number of nitrogens with zero attached hydrogens (tertiary/aromatic N) is 3. The van der Waals surface area contributed by atoms with E-state index in [4.69, 9.17) is 4.74 Å². The van der Waals surface area contributed by atoms with Crippen molar-refractivity contribution in [1.82, 2.24) is 14.8 Å². The van der Waals surface area contributed by atoms with E-state index in [1.54, 1.807) is 31.4 Å². The molecule has 2 fully saturated rings. The molecular formula is C26H33N3O3. The molecule has 0 N–H and O–H groups in total. The van der Waals surface area contributed by atoms with Gasteiger partial charge in [-0.05, 0) is 41.7 Å². The summed E-state index contributed by atoms with van der Waals surface area (Å²) in [5.74, 6) is 0.174. The van der Waals surface area contributed by atoms with E-state index in [0.29, 0.717) is 26.1 Å². The number of hydrogen-bond acceptors (Lipinski definition) is 4. The van der Waals surface area contributed by atoms with Crippen molar-refractivity contribution in [3.63, 3.8) is 0 Å². The summed E-state index contributed by atoms with van der Waals surface area (Å²) in [5.41, 5.74) is 2.05. The highest BCUT2D eigenvalue weighted by Crippen LogP contribution is 2.33. The lowest BCUT2D eigenvalue weighted by molar-refractivity contribution is -0.174. The fraction of sp³-hybridized carbons (Fsp3) is 0.500. The van der Waals surface area contributed by atoms with Gasteiger partial charge in [-0.3, -0.25) is 14.6 Å². The Kier molecular flexibility index (Phi) is 6.89. The summed E-state index contributed by atoms with van der Waals surface area (Å²) in [7, 11) is 3.51. The van der Waals surface area contributed by atoms with Gasteiger partial charge in [0.2, 0.25) is 5.91 Å². The third-order valence-corrected chi connectivity index (χ3v) is 6.73. The molecule has 4 rings (SSSR count). The van der Waals surface area contributed by atoms with Crippen LogP contribution in [0.4, 0.5) is 0 Å². The van der Waals surface area contributed by atoms with Crippen molar-refractivity contribution in [3.8, 4) is 11.1 Å². The van der Waals surface area contributed by atoms with E-state index in [9.17, 15) is 9.59 Å². The number of hydrogen-bond donors (Lipinski definition) is 0. The van der Waals surface area contributed by atoms with Gasteiger partial charge >= 0.3 is 0 Å². The Balaban J connectivity index is 1.65. The van der Waals surface area contributed by atoms with Gasteiger partial charge in [0.05, 0.1) is 13.2 Å². The van der Waals surface area contributed by atoms with Crippen LogP contribution in [-0.4, -0.2) is 66.0 Å². The first-order valence-electron chi connectivity index (χ1n) is 11.6. The molecule has 1 atom stereocenters. The Hall–Kier alpha value is -2.73. The second kappa shape index (κ2) is 9.82. The summed E-state index contributed by atoms with van der Waals surface area (Å²) in [6, 6.07) is 12.0. The zero-order valence-corrected chi connectivity index (χ0v) is 19.1. The molecule has 2 amide bonds. The van der Waals surface area contributed by atoms with Gasteiger partial charge in [0.15, 0.2) is 5.60 Å². The third kappa shape index (κ3) is 4.70. The topological polar surface area (TPSA) is 62.7 Å². The maximum atomic E-state index is 13.5. The van der Waals surface area contributed by atoms with Crippen LogP contribution in [0.25, 0.3) is 11.1 Å². The SMILES string of the molecule is CN(C)C(=O)[C@]1(Cc2ccccc2-c2ccncc2)CN(C(=O)C2CCCCC2)CCO1. The molecule has 32 heavy (non-hydrogen) atoms. The number of aromatic nitrogens is 1. The number of carbonyl (C=O) groups excluding carboxylic acids is 2. The lowest BCUT2D eigenvalue weighted by Crippen LogP contribution is -2.62. The summed E-state index contributed by atoms with van der Waals surface area (Å²) in [6.07, 6.45) is 9.30. The number of benzene rings is 1. The quantitative estimate of drug-likeness (QED) is 0.721.